The third kappa shape index (κ3) is 3.23. The van der Waals surface area contributed by atoms with Crippen LogP contribution in [0.2, 0.25) is 0 Å². The first-order chi connectivity index (χ1) is 12.0. The number of benzene rings is 1. The van der Waals surface area contributed by atoms with Crippen LogP contribution in [0.5, 0.6) is 0 Å². The van der Waals surface area contributed by atoms with Crippen molar-refractivity contribution >= 4 is 23.2 Å². The fourth-order valence-electron chi connectivity index (χ4n) is 2.20. The van der Waals surface area contributed by atoms with Crippen LogP contribution in [0.1, 0.15) is 20.7 Å². The zero-order chi connectivity index (χ0) is 18.0. The Morgan fingerprint density at radius 3 is 2.48 bits per heavy atom. The molecule has 1 amide bonds. The number of nitrogens with zero attached hydrogens (tertiary/aromatic N) is 2. The molecule has 0 aliphatic heterocycles. The lowest BCUT2D eigenvalue weighted by Gasteiger charge is -2.07. The van der Waals surface area contributed by atoms with Crippen molar-refractivity contribution in [3.63, 3.8) is 0 Å². The van der Waals surface area contributed by atoms with Crippen molar-refractivity contribution in [3.8, 4) is 0 Å². The van der Waals surface area contributed by atoms with Crippen LogP contribution in [0.15, 0.2) is 53.6 Å². The molecule has 0 atom stereocenters. The van der Waals surface area contributed by atoms with E-state index < -0.39 is 23.3 Å². The molecule has 2 aromatic heterocycles. The molecule has 0 saturated carbocycles. The van der Waals surface area contributed by atoms with E-state index in [2.05, 4.69) is 15.0 Å². The summed E-state index contributed by atoms with van der Waals surface area (Å²) in [7, 11) is 1.23. The van der Waals surface area contributed by atoms with Crippen molar-refractivity contribution in [1.82, 2.24) is 9.38 Å². The highest BCUT2D eigenvalue weighted by Crippen LogP contribution is 2.09. The zero-order valence-electron chi connectivity index (χ0n) is 13.0. The summed E-state index contributed by atoms with van der Waals surface area (Å²) in [4.78, 5) is 40.3. The van der Waals surface area contributed by atoms with Gasteiger partial charge in [0.05, 0.1) is 18.9 Å². The van der Waals surface area contributed by atoms with Crippen molar-refractivity contribution in [2.75, 3.05) is 12.4 Å². The molecule has 0 aliphatic carbocycles. The maximum Gasteiger partial charge on any atom is 0.339 e. The molecule has 7 nitrogen and oxygen atoms in total. The molecule has 0 bridgehead atoms. The van der Waals surface area contributed by atoms with E-state index in [9.17, 15) is 18.8 Å². The number of carbonyl (C=O) groups is 2. The molecule has 1 aromatic carbocycles. The summed E-state index contributed by atoms with van der Waals surface area (Å²) >= 11 is 0. The second-order valence-corrected chi connectivity index (χ2v) is 5.08. The Bertz CT molecular complexity index is 1030. The number of fused-ring (bicyclic) bond motifs is 1. The molecular weight excluding hydrogens is 329 g/mol. The summed E-state index contributed by atoms with van der Waals surface area (Å²) in [5.74, 6) is -1.66. The van der Waals surface area contributed by atoms with Gasteiger partial charge in [0.1, 0.15) is 17.2 Å². The van der Waals surface area contributed by atoms with Crippen LogP contribution in [0.25, 0.3) is 5.65 Å². The number of anilines is 1. The molecule has 0 fully saturated rings. The van der Waals surface area contributed by atoms with Gasteiger partial charge >= 0.3 is 5.97 Å². The number of esters is 1. The summed E-state index contributed by atoms with van der Waals surface area (Å²) in [5.41, 5.74) is 0.0209. The van der Waals surface area contributed by atoms with Crippen molar-refractivity contribution in [3.05, 3.63) is 76.1 Å². The number of carbonyl (C=O) groups excluding carboxylic acids is 2. The largest absolute Gasteiger partial charge is 0.465 e. The minimum atomic E-state index is -0.602. The lowest BCUT2D eigenvalue weighted by Crippen LogP contribution is -2.23. The Kier molecular flexibility index (Phi) is 4.25. The van der Waals surface area contributed by atoms with E-state index in [0.29, 0.717) is 5.65 Å². The molecule has 0 radical (unpaired) electrons. The first-order valence-corrected chi connectivity index (χ1v) is 7.16. The number of amides is 1. The van der Waals surface area contributed by atoms with Crippen LogP contribution in [0.3, 0.4) is 0 Å². The highest BCUT2D eigenvalue weighted by Gasteiger charge is 2.13. The lowest BCUT2D eigenvalue weighted by atomic mass is 10.2. The Morgan fingerprint density at radius 1 is 1.12 bits per heavy atom. The van der Waals surface area contributed by atoms with E-state index in [1.54, 1.807) is 0 Å². The summed E-state index contributed by atoms with van der Waals surface area (Å²) < 4.78 is 18.7. The molecule has 2 heterocycles. The number of hydrogen-bond acceptors (Lipinski definition) is 5. The van der Waals surface area contributed by atoms with E-state index in [-0.39, 0.29) is 16.8 Å². The molecule has 3 aromatic rings. The van der Waals surface area contributed by atoms with Crippen LogP contribution in [0, 0.1) is 5.82 Å². The topological polar surface area (TPSA) is 89.8 Å². The van der Waals surface area contributed by atoms with E-state index in [1.165, 1.54) is 43.8 Å². The van der Waals surface area contributed by atoms with Crippen molar-refractivity contribution in [2.24, 2.45) is 0 Å². The molecule has 0 unspecified atom stereocenters. The molecule has 3 rings (SSSR count). The van der Waals surface area contributed by atoms with E-state index in [4.69, 9.17) is 0 Å². The third-order valence-electron chi connectivity index (χ3n) is 3.48. The maximum atomic E-state index is 12.9. The first kappa shape index (κ1) is 16.3. The second-order valence-electron chi connectivity index (χ2n) is 5.08. The predicted molar refractivity (Wildman–Crippen MR) is 87.2 cm³/mol. The van der Waals surface area contributed by atoms with E-state index >= 15 is 0 Å². The SMILES string of the molecule is COC(=O)c1ccc2ncc(NC(=O)c3ccc(F)cc3)c(=O)n2c1. The number of halogens is 1. The van der Waals surface area contributed by atoms with Gasteiger partial charge in [-0.1, -0.05) is 0 Å². The number of pyridine rings is 1. The van der Waals surface area contributed by atoms with Crippen LogP contribution < -0.4 is 10.9 Å². The van der Waals surface area contributed by atoms with Gasteiger partial charge in [-0.05, 0) is 36.4 Å². The Labute approximate surface area is 140 Å². The van der Waals surface area contributed by atoms with Crippen molar-refractivity contribution in [2.45, 2.75) is 0 Å². The number of aromatic nitrogens is 2. The number of methoxy groups -OCH3 is 1. The fourth-order valence-corrected chi connectivity index (χ4v) is 2.20. The van der Waals surface area contributed by atoms with Gasteiger partial charge in [-0.3, -0.25) is 14.0 Å². The van der Waals surface area contributed by atoms with Gasteiger partial charge in [0.15, 0.2) is 0 Å². The Morgan fingerprint density at radius 2 is 1.80 bits per heavy atom. The maximum absolute atomic E-state index is 12.9. The summed E-state index contributed by atoms with van der Waals surface area (Å²) in [6.45, 7) is 0. The number of rotatable bonds is 3. The lowest BCUT2D eigenvalue weighted by molar-refractivity contribution is 0.0600. The summed E-state index contributed by atoms with van der Waals surface area (Å²) in [5, 5.41) is 2.43. The van der Waals surface area contributed by atoms with Crippen molar-refractivity contribution in [1.29, 1.82) is 0 Å². The van der Waals surface area contributed by atoms with E-state index in [0.717, 1.165) is 16.5 Å². The second kappa shape index (κ2) is 6.52. The van der Waals surface area contributed by atoms with Crippen LogP contribution >= 0.6 is 0 Å². The molecule has 1 N–H and O–H groups in total. The summed E-state index contributed by atoms with van der Waals surface area (Å²) in [6, 6.07) is 7.84. The molecule has 8 heteroatoms. The smallest absolute Gasteiger partial charge is 0.339 e. The monoisotopic (exact) mass is 341 g/mol. The number of ether oxygens (including phenoxy) is 1. The predicted octanol–water partition coefficient (Wildman–Crippen LogP) is 1.87. The molecule has 25 heavy (non-hydrogen) atoms. The molecule has 0 aliphatic rings. The quantitative estimate of drug-likeness (QED) is 0.735. The molecular formula is C17H12FN3O4. The Balaban J connectivity index is 1.97. The molecule has 0 spiro atoms. The van der Waals surface area contributed by atoms with Crippen LogP contribution in [0.4, 0.5) is 10.1 Å². The number of nitrogens with one attached hydrogen (secondary N) is 1. The van der Waals surface area contributed by atoms with Gasteiger partial charge in [0.25, 0.3) is 11.5 Å². The normalized spacial score (nSPS) is 10.5. The summed E-state index contributed by atoms with van der Waals surface area (Å²) in [6.07, 6.45) is 2.50. The highest BCUT2D eigenvalue weighted by atomic mass is 19.1. The van der Waals surface area contributed by atoms with E-state index in [1.807, 2.05) is 0 Å². The van der Waals surface area contributed by atoms with Gasteiger partial charge in [-0.15, -0.1) is 0 Å². The Hall–Kier alpha value is -3.55. The minimum absolute atomic E-state index is 0.0751. The highest BCUT2D eigenvalue weighted by molar-refractivity contribution is 6.04. The average molecular weight is 341 g/mol. The number of hydrogen-bond donors (Lipinski definition) is 1. The molecule has 0 saturated heterocycles. The first-order valence-electron chi connectivity index (χ1n) is 7.16. The molecule has 126 valence electrons. The minimum Gasteiger partial charge on any atom is -0.465 e. The zero-order valence-corrected chi connectivity index (χ0v) is 13.0. The van der Waals surface area contributed by atoms with Crippen LogP contribution in [-0.4, -0.2) is 28.4 Å². The average Bonchev–Trinajstić information content (AvgIpc) is 2.63. The standard InChI is InChI=1S/C17H12FN3O4/c1-25-17(24)11-4-7-14-19-8-13(16(23)21(14)9-11)20-15(22)10-2-5-12(18)6-3-10/h2-9H,1H3,(H,20,22). The van der Waals surface area contributed by atoms with Gasteiger partial charge in [-0.25, -0.2) is 14.2 Å². The van der Waals surface area contributed by atoms with Crippen molar-refractivity contribution < 1.29 is 18.7 Å². The van der Waals surface area contributed by atoms with Gasteiger partial charge in [-0.2, -0.15) is 0 Å². The van der Waals surface area contributed by atoms with Crippen LogP contribution in [-0.2, 0) is 4.74 Å². The van der Waals surface area contributed by atoms with Gasteiger partial charge in [0, 0.05) is 11.8 Å². The van der Waals surface area contributed by atoms with Gasteiger partial charge in [0.2, 0.25) is 0 Å². The third-order valence-corrected chi connectivity index (χ3v) is 3.48. The van der Waals surface area contributed by atoms with Gasteiger partial charge < -0.3 is 10.1 Å². The fraction of sp³-hybridized carbons (Fsp3) is 0.0588.